The number of benzene rings is 2. The fourth-order valence-electron chi connectivity index (χ4n) is 4.86. The van der Waals surface area contributed by atoms with Gasteiger partial charge in [0, 0.05) is 31.0 Å². The van der Waals surface area contributed by atoms with Crippen LogP contribution in [0.3, 0.4) is 0 Å². The number of anilines is 1. The van der Waals surface area contributed by atoms with Gasteiger partial charge in [-0.05, 0) is 55.2 Å². The van der Waals surface area contributed by atoms with Crippen molar-refractivity contribution in [2.45, 2.75) is 31.7 Å². The number of carbonyl (C=O) groups is 1. The molecule has 1 saturated heterocycles. The highest BCUT2D eigenvalue weighted by molar-refractivity contribution is 5.79. The number of hydrogen-bond acceptors (Lipinski definition) is 3. The molecule has 5 nitrogen and oxygen atoms in total. The molecule has 0 unspecified atom stereocenters. The van der Waals surface area contributed by atoms with Crippen molar-refractivity contribution in [2.24, 2.45) is 0 Å². The third-order valence-electron chi connectivity index (χ3n) is 6.65. The van der Waals surface area contributed by atoms with Gasteiger partial charge in [0.15, 0.2) is 0 Å². The molecule has 0 atom stereocenters. The summed E-state index contributed by atoms with van der Waals surface area (Å²) in [5, 5.41) is 3.81. The number of aromatic nitrogens is 1. The van der Waals surface area contributed by atoms with E-state index in [1.807, 2.05) is 23.1 Å². The molecule has 0 saturated carbocycles. The van der Waals surface area contributed by atoms with Gasteiger partial charge in [-0.1, -0.05) is 24.3 Å². The Morgan fingerprint density at radius 2 is 1.90 bits per heavy atom. The van der Waals surface area contributed by atoms with Crippen molar-refractivity contribution in [2.75, 3.05) is 25.5 Å². The average molecular weight is 402 g/mol. The maximum absolute atomic E-state index is 13.0. The summed E-state index contributed by atoms with van der Waals surface area (Å²) < 4.78 is 7.71. The van der Waals surface area contributed by atoms with Gasteiger partial charge in [0.25, 0.3) is 0 Å². The van der Waals surface area contributed by atoms with Crippen molar-refractivity contribution in [3.8, 4) is 11.4 Å². The number of amides is 1. The largest absolute Gasteiger partial charge is 0.497 e. The van der Waals surface area contributed by atoms with Gasteiger partial charge in [0.05, 0.1) is 30.4 Å². The zero-order valence-electron chi connectivity index (χ0n) is 17.5. The lowest BCUT2D eigenvalue weighted by atomic mass is 9.82. The molecule has 154 valence electrons. The Bertz CT molecular complexity index is 1090. The number of nitrogens with zero attached hydrogens (tertiary/aromatic N) is 2. The van der Waals surface area contributed by atoms with Crippen LogP contribution in [0.15, 0.2) is 60.8 Å². The van der Waals surface area contributed by atoms with Crippen LogP contribution in [0.1, 0.15) is 29.7 Å². The van der Waals surface area contributed by atoms with Gasteiger partial charge in [-0.25, -0.2) is 0 Å². The molecule has 0 aliphatic carbocycles. The summed E-state index contributed by atoms with van der Waals surface area (Å²) in [6, 6.07) is 18.6. The van der Waals surface area contributed by atoms with E-state index in [0.29, 0.717) is 6.42 Å². The minimum atomic E-state index is -0.164. The number of piperidine rings is 1. The lowest BCUT2D eigenvalue weighted by Gasteiger charge is -2.46. The minimum Gasteiger partial charge on any atom is -0.497 e. The molecular formula is C25H27N3O2. The Morgan fingerprint density at radius 3 is 2.67 bits per heavy atom. The molecule has 3 aromatic rings. The van der Waals surface area contributed by atoms with E-state index in [4.69, 9.17) is 4.74 Å². The average Bonchev–Trinajstić information content (AvgIpc) is 3.27. The number of nitrogens with one attached hydrogen (secondary N) is 1. The quantitative estimate of drug-likeness (QED) is 0.713. The number of methoxy groups -OCH3 is 1. The Labute approximate surface area is 177 Å². The first-order valence-corrected chi connectivity index (χ1v) is 10.6. The highest BCUT2D eigenvalue weighted by atomic mass is 16.5. The maximum atomic E-state index is 13.0. The van der Waals surface area contributed by atoms with Crippen molar-refractivity contribution in [1.29, 1.82) is 0 Å². The van der Waals surface area contributed by atoms with Crippen LogP contribution in [-0.4, -0.2) is 35.6 Å². The van der Waals surface area contributed by atoms with Crippen LogP contribution in [0.2, 0.25) is 0 Å². The number of fused-ring (bicyclic) bond motifs is 4. The van der Waals surface area contributed by atoms with Crippen LogP contribution in [0.25, 0.3) is 5.69 Å². The second-order valence-electron chi connectivity index (χ2n) is 8.34. The van der Waals surface area contributed by atoms with Crippen molar-refractivity contribution in [3.63, 3.8) is 0 Å². The summed E-state index contributed by atoms with van der Waals surface area (Å²) >= 11 is 0. The van der Waals surface area contributed by atoms with Crippen LogP contribution in [0.5, 0.6) is 5.75 Å². The molecule has 1 aromatic heterocycles. The first kappa shape index (κ1) is 18.8. The first-order chi connectivity index (χ1) is 14.6. The van der Waals surface area contributed by atoms with E-state index >= 15 is 0 Å². The predicted molar refractivity (Wildman–Crippen MR) is 118 cm³/mol. The number of aryl methyl sites for hydroxylation is 1. The number of hydrogen-bond donors (Lipinski definition) is 1. The summed E-state index contributed by atoms with van der Waals surface area (Å²) in [7, 11) is 1.69. The Kier molecular flexibility index (Phi) is 4.54. The van der Waals surface area contributed by atoms with Gasteiger partial charge < -0.3 is 19.5 Å². The second kappa shape index (κ2) is 7.24. The highest BCUT2D eigenvalue weighted by Gasteiger charge is 2.42. The second-order valence-corrected chi connectivity index (χ2v) is 8.34. The molecule has 5 heteroatoms. The van der Waals surface area contributed by atoms with Gasteiger partial charge in [-0.2, -0.15) is 0 Å². The molecule has 2 aromatic carbocycles. The highest BCUT2D eigenvalue weighted by Crippen LogP contribution is 2.44. The predicted octanol–water partition coefficient (Wildman–Crippen LogP) is 4.28. The molecule has 2 aliphatic heterocycles. The van der Waals surface area contributed by atoms with Crippen LogP contribution in [0, 0.1) is 6.92 Å². The zero-order chi connectivity index (χ0) is 20.7. The Balaban J connectivity index is 1.36. The standard InChI is InChI=1S/C25H27N3O2/c1-18-6-3-4-7-19(18)16-24(29)27-14-11-25(12-15-27)23-8-5-13-28(23)22-10-9-20(30-2)17-21(22)26-25/h3-10,13,17,26H,11-12,14-16H2,1-2H3. The summed E-state index contributed by atoms with van der Waals surface area (Å²) in [4.78, 5) is 15.0. The number of carbonyl (C=O) groups excluding carboxylic acids is 1. The normalized spacial score (nSPS) is 16.5. The number of ether oxygens (including phenoxy) is 1. The van der Waals surface area contributed by atoms with Crippen molar-refractivity contribution >= 4 is 11.6 Å². The molecule has 1 amide bonds. The van der Waals surface area contributed by atoms with Crippen molar-refractivity contribution in [3.05, 3.63) is 77.6 Å². The summed E-state index contributed by atoms with van der Waals surface area (Å²) in [5.41, 5.74) is 5.62. The van der Waals surface area contributed by atoms with Gasteiger partial charge in [0.2, 0.25) is 5.91 Å². The van der Waals surface area contributed by atoms with Crippen molar-refractivity contribution < 1.29 is 9.53 Å². The Morgan fingerprint density at radius 1 is 1.10 bits per heavy atom. The monoisotopic (exact) mass is 401 g/mol. The van der Waals surface area contributed by atoms with Crippen molar-refractivity contribution in [1.82, 2.24) is 9.47 Å². The van der Waals surface area contributed by atoms with Crippen LogP contribution >= 0.6 is 0 Å². The fraction of sp³-hybridized carbons (Fsp3) is 0.320. The molecule has 0 radical (unpaired) electrons. The maximum Gasteiger partial charge on any atom is 0.227 e. The van der Waals surface area contributed by atoms with E-state index in [9.17, 15) is 4.79 Å². The Hall–Kier alpha value is -3.21. The lowest BCUT2D eigenvalue weighted by molar-refractivity contribution is -0.132. The van der Waals surface area contributed by atoms with Gasteiger partial charge in [0.1, 0.15) is 5.75 Å². The minimum absolute atomic E-state index is 0.164. The molecule has 30 heavy (non-hydrogen) atoms. The molecule has 1 N–H and O–H groups in total. The fourth-order valence-corrected chi connectivity index (χ4v) is 4.86. The first-order valence-electron chi connectivity index (χ1n) is 10.6. The van der Waals surface area contributed by atoms with E-state index in [2.05, 4.69) is 59.4 Å². The van der Waals surface area contributed by atoms with Crippen LogP contribution in [-0.2, 0) is 16.8 Å². The van der Waals surface area contributed by atoms with Gasteiger partial charge >= 0.3 is 0 Å². The zero-order valence-corrected chi connectivity index (χ0v) is 17.5. The number of likely N-dealkylation sites (tertiary alicyclic amines) is 1. The van der Waals surface area contributed by atoms with E-state index in [1.165, 1.54) is 11.3 Å². The molecule has 1 spiro atoms. The molecule has 1 fully saturated rings. The lowest BCUT2D eigenvalue weighted by Crippen LogP contribution is -2.51. The van der Waals surface area contributed by atoms with Gasteiger partial charge in [-0.15, -0.1) is 0 Å². The third kappa shape index (κ3) is 3.05. The SMILES string of the molecule is COc1ccc2c(c1)NC1(CCN(C(=O)Cc3ccccc3C)CC1)c1cccn1-2. The molecular weight excluding hydrogens is 374 g/mol. The third-order valence-corrected chi connectivity index (χ3v) is 6.65. The van der Waals surface area contributed by atoms with Gasteiger partial charge in [-0.3, -0.25) is 4.79 Å². The van der Waals surface area contributed by atoms with E-state index in [-0.39, 0.29) is 11.4 Å². The van der Waals surface area contributed by atoms with E-state index in [0.717, 1.165) is 48.6 Å². The summed E-state index contributed by atoms with van der Waals surface area (Å²) in [6.07, 6.45) is 4.36. The summed E-state index contributed by atoms with van der Waals surface area (Å²) in [5.74, 6) is 1.06. The smallest absolute Gasteiger partial charge is 0.227 e. The molecule has 2 aliphatic rings. The molecule has 3 heterocycles. The summed E-state index contributed by atoms with van der Waals surface area (Å²) in [6.45, 7) is 3.57. The van der Waals surface area contributed by atoms with Crippen LogP contribution in [0.4, 0.5) is 5.69 Å². The van der Waals surface area contributed by atoms with E-state index in [1.54, 1.807) is 7.11 Å². The van der Waals surface area contributed by atoms with E-state index < -0.39 is 0 Å². The molecule has 5 rings (SSSR count). The number of rotatable bonds is 3. The topological polar surface area (TPSA) is 46.5 Å². The molecule has 0 bridgehead atoms. The van der Waals surface area contributed by atoms with Crippen LogP contribution < -0.4 is 10.1 Å².